The van der Waals surface area contributed by atoms with Crippen LogP contribution in [0.25, 0.3) is 44.5 Å². The van der Waals surface area contributed by atoms with Crippen LogP contribution in [0.15, 0.2) is 120 Å². The van der Waals surface area contributed by atoms with Gasteiger partial charge < -0.3 is 14.4 Å². The van der Waals surface area contributed by atoms with Crippen molar-refractivity contribution in [3.05, 3.63) is 155 Å². The molecule has 4 aromatic carbocycles. The molecule has 0 aliphatic heterocycles. The number of fused-ring (bicyclic) bond motifs is 3. The van der Waals surface area contributed by atoms with Gasteiger partial charge in [-0.15, -0.1) is 53.6 Å². The van der Waals surface area contributed by atoms with Crippen LogP contribution in [0.4, 0.5) is 0 Å². The third-order valence-electron chi connectivity index (χ3n) is 6.98. The SMILES string of the molecule is [2H]C(C)(C)c1ccnc(-c2[c-]ccc3c2oc2ccccc23)c1.[2H]C([2H])([2H])c1c[c-]c(-c2cc(C([2H])([2H])c3ccccc3)c(C([2H])([2H])[2H])cn2)cc1.[Ir]. The van der Waals surface area contributed by atoms with Crippen molar-refractivity contribution in [2.24, 2.45) is 0 Å². The summed E-state index contributed by atoms with van der Waals surface area (Å²) >= 11 is 0. The van der Waals surface area contributed by atoms with Gasteiger partial charge in [0.1, 0.15) is 5.58 Å². The Balaban J connectivity index is 0.000000205. The van der Waals surface area contributed by atoms with Gasteiger partial charge in [-0.05, 0) is 59.3 Å². The van der Waals surface area contributed by atoms with Gasteiger partial charge in [0.05, 0.1) is 5.58 Å². The second-order valence-electron chi connectivity index (χ2n) is 10.2. The van der Waals surface area contributed by atoms with Crippen LogP contribution >= 0.6 is 0 Å². The average molecular weight is 760 g/mol. The van der Waals surface area contributed by atoms with E-state index in [0.717, 1.165) is 45.0 Å². The van der Waals surface area contributed by atoms with Crippen LogP contribution in [0.3, 0.4) is 0 Å². The van der Waals surface area contributed by atoms with Gasteiger partial charge in [0.2, 0.25) is 0 Å². The van der Waals surface area contributed by atoms with Crippen molar-refractivity contribution in [2.75, 3.05) is 0 Å². The third kappa shape index (κ3) is 6.89. The quantitative estimate of drug-likeness (QED) is 0.164. The van der Waals surface area contributed by atoms with Gasteiger partial charge >= 0.3 is 0 Å². The summed E-state index contributed by atoms with van der Waals surface area (Å²) in [6, 6.07) is 35.9. The maximum atomic E-state index is 8.61. The van der Waals surface area contributed by atoms with Crippen molar-refractivity contribution in [2.45, 2.75) is 39.8 Å². The summed E-state index contributed by atoms with van der Waals surface area (Å²) in [6.07, 6.45) is 0.835. The van der Waals surface area contributed by atoms with E-state index in [1.54, 1.807) is 36.5 Å². The Morgan fingerprint density at radius 3 is 2.48 bits per heavy atom. The van der Waals surface area contributed by atoms with Crippen LogP contribution in [0, 0.1) is 25.8 Å². The van der Waals surface area contributed by atoms with E-state index in [4.69, 9.17) is 16.8 Å². The first-order valence-electron chi connectivity index (χ1n) is 18.3. The molecule has 221 valence electrons. The molecule has 3 heterocycles. The Hall–Kier alpha value is -4.37. The Bertz CT molecular complexity index is 2350. The fraction of sp³-hybridized carbons (Fsp3) is 0.150. The van der Waals surface area contributed by atoms with E-state index in [0.29, 0.717) is 16.8 Å². The summed E-state index contributed by atoms with van der Waals surface area (Å²) in [5, 5.41) is 2.15. The van der Waals surface area contributed by atoms with Gasteiger partial charge in [0.25, 0.3) is 0 Å². The molecular weight excluding hydrogens is 717 g/mol. The van der Waals surface area contributed by atoms with Crippen LogP contribution in [0.5, 0.6) is 0 Å². The molecule has 7 aromatic rings. The molecule has 0 saturated carbocycles. The fourth-order valence-corrected chi connectivity index (χ4v) is 4.73. The largest absolute Gasteiger partial charge is 0.501 e. The summed E-state index contributed by atoms with van der Waals surface area (Å²) in [4.78, 5) is 8.65. The minimum absolute atomic E-state index is 0. The van der Waals surface area contributed by atoms with Crippen molar-refractivity contribution >= 4 is 21.9 Å². The van der Waals surface area contributed by atoms with Crippen LogP contribution in [-0.2, 0) is 26.5 Å². The molecule has 1 radical (unpaired) electrons. The Kier molecular flexibility index (Phi) is 6.77. The zero-order chi connectivity index (χ0) is 37.5. The van der Waals surface area contributed by atoms with E-state index in [1.165, 1.54) is 24.3 Å². The number of aromatic nitrogens is 2. The molecule has 0 atom stereocenters. The molecule has 0 spiro atoms. The zero-order valence-electron chi connectivity index (χ0n) is 33.1. The van der Waals surface area contributed by atoms with Crippen LogP contribution in [0.2, 0.25) is 0 Å². The average Bonchev–Trinajstić information content (AvgIpc) is 3.50. The minimum atomic E-state index is -2.54. The third-order valence-corrected chi connectivity index (χ3v) is 6.98. The molecule has 3 nitrogen and oxygen atoms in total. The van der Waals surface area contributed by atoms with Crippen molar-refractivity contribution in [1.82, 2.24) is 9.97 Å². The van der Waals surface area contributed by atoms with Gasteiger partial charge in [0, 0.05) is 50.2 Å². The van der Waals surface area contributed by atoms with E-state index in [2.05, 4.69) is 28.2 Å². The van der Waals surface area contributed by atoms with E-state index in [-0.39, 0.29) is 36.8 Å². The molecule has 0 amide bonds. The molecule has 0 saturated heterocycles. The molecule has 7 rings (SSSR count). The van der Waals surface area contributed by atoms with Crippen LogP contribution in [-0.4, -0.2) is 9.97 Å². The van der Waals surface area contributed by atoms with Gasteiger partial charge in [-0.3, -0.25) is 0 Å². The van der Waals surface area contributed by atoms with Crippen molar-refractivity contribution in [1.29, 1.82) is 0 Å². The molecule has 0 bridgehead atoms. The maximum Gasteiger partial charge on any atom is 0.120 e. The standard InChI is InChI=1S/C20H16NO.C20H18N.Ir/c1-13(2)14-10-11-21-18(12-14)17-8-5-7-16-15-6-3-4-9-19(15)22-20(16)17;1-15-8-10-18(11-9-15)20-13-19(16(2)14-21-20)12-17-6-4-3-5-7-17;/h3-7,9-13H,1-2H3;3-10,13-14H,12H2,1-2H3;/q2*-1;/i13D;1D3,2D3,12D2;. The molecular formula is C40H34IrN2O-2. The Labute approximate surface area is 286 Å². The summed E-state index contributed by atoms with van der Waals surface area (Å²) in [5.41, 5.74) is 5.22. The molecule has 0 aliphatic carbocycles. The molecule has 0 unspecified atom stereocenters. The van der Waals surface area contributed by atoms with Gasteiger partial charge in [-0.1, -0.05) is 97.9 Å². The molecule has 0 fully saturated rings. The van der Waals surface area contributed by atoms with Gasteiger partial charge in [-0.25, -0.2) is 0 Å². The zero-order valence-corrected chi connectivity index (χ0v) is 26.5. The number of nitrogens with zero attached hydrogens (tertiary/aromatic N) is 2. The van der Waals surface area contributed by atoms with E-state index < -0.39 is 26.0 Å². The van der Waals surface area contributed by atoms with Crippen LogP contribution in [0.1, 0.15) is 59.9 Å². The summed E-state index contributed by atoms with van der Waals surface area (Å²) in [7, 11) is 0. The summed E-state index contributed by atoms with van der Waals surface area (Å²) < 4.78 is 77.2. The Morgan fingerprint density at radius 1 is 0.864 bits per heavy atom. The number of para-hydroxylation sites is 1. The monoisotopic (exact) mass is 760 g/mol. The topological polar surface area (TPSA) is 38.9 Å². The molecule has 3 aromatic heterocycles. The number of rotatable bonds is 5. The second kappa shape index (κ2) is 13.9. The van der Waals surface area contributed by atoms with Gasteiger partial charge in [-0.2, -0.15) is 0 Å². The molecule has 0 aliphatic rings. The van der Waals surface area contributed by atoms with Crippen molar-refractivity contribution < 1.29 is 36.9 Å². The number of furan rings is 1. The fourth-order valence-electron chi connectivity index (χ4n) is 4.73. The molecule has 4 heteroatoms. The number of hydrogen-bond acceptors (Lipinski definition) is 3. The van der Waals surface area contributed by atoms with E-state index in [1.807, 2.05) is 56.3 Å². The van der Waals surface area contributed by atoms with Gasteiger partial charge in [0.15, 0.2) is 0 Å². The number of hydrogen-bond donors (Lipinski definition) is 0. The number of pyridine rings is 2. The van der Waals surface area contributed by atoms with Crippen molar-refractivity contribution in [3.63, 3.8) is 0 Å². The van der Waals surface area contributed by atoms with E-state index >= 15 is 0 Å². The maximum absolute atomic E-state index is 8.61. The smallest absolute Gasteiger partial charge is 0.120 e. The molecule has 0 N–H and O–H groups in total. The van der Waals surface area contributed by atoms with Crippen molar-refractivity contribution in [3.8, 4) is 22.5 Å². The minimum Gasteiger partial charge on any atom is -0.501 e. The first-order valence-corrected chi connectivity index (χ1v) is 13.8. The second-order valence-corrected chi connectivity index (χ2v) is 10.2. The summed E-state index contributed by atoms with van der Waals surface area (Å²) in [5.74, 6) is -0.667. The molecule has 44 heavy (non-hydrogen) atoms. The summed E-state index contributed by atoms with van der Waals surface area (Å²) in [6.45, 7) is -1.06. The number of aryl methyl sites for hydroxylation is 2. The first kappa shape index (κ1) is 21.3. The predicted molar refractivity (Wildman–Crippen MR) is 177 cm³/mol. The predicted octanol–water partition coefficient (Wildman–Crippen LogP) is 10.3. The van der Waals surface area contributed by atoms with E-state index in [9.17, 15) is 0 Å². The Morgan fingerprint density at radius 2 is 1.70 bits per heavy atom. The van der Waals surface area contributed by atoms with Crippen LogP contribution < -0.4 is 0 Å². The number of benzene rings is 4. The first-order chi connectivity index (χ1) is 24.4. The normalized spacial score (nSPS) is 15.0.